The lowest BCUT2D eigenvalue weighted by Gasteiger charge is -2.31. The largest absolute Gasteiger partial charge is 0.490 e. The number of sulfonamides is 1. The number of carboxylic acids is 1. The van der Waals surface area contributed by atoms with E-state index in [2.05, 4.69) is 20.3 Å². The number of nitrogens with zero attached hydrogens (tertiary/aromatic N) is 1. The van der Waals surface area contributed by atoms with Crippen molar-refractivity contribution in [3.63, 3.8) is 0 Å². The molecule has 0 unspecified atom stereocenters. The molecule has 0 saturated carbocycles. The Balaban J connectivity index is 0.000000604. The van der Waals surface area contributed by atoms with Crippen molar-refractivity contribution in [3.8, 4) is 0 Å². The molecule has 1 amide bonds. The van der Waals surface area contributed by atoms with Gasteiger partial charge in [0.15, 0.2) is 0 Å². The van der Waals surface area contributed by atoms with Crippen LogP contribution in [0, 0.1) is 13.8 Å². The van der Waals surface area contributed by atoms with E-state index in [4.69, 9.17) is 9.90 Å². The highest BCUT2D eigenvalue weighted by atomic mass is 32.2. The number of piperazine rings is 1. The number of benzene rings is 2. The fourth-order valence-corrected chi connectivity index (χ4v) is 4.52. The number of nitrogens with one attached hydrogen (secondary N) is 3. The number of alkyl halides is 3. The van der Waals surface area contributed by atoms with Gasteiger partial charge in [0.2, 0.25) is 0 Å². The van der Waals surface area contributed by atoms with Crippen LogP contribution in [-0.4, -0.2) is 64.3 Å². The lowest BCUT2D eigenvalue weighted by molar-refractivity contribution is -0.192. The number of carbonyl (C=O) groups is 2. The van der Waals surface area contributed by atoms with E-state index in [1.165, 1.54) is 0 Å². The third-order valence-corrected chi connectivity index (χ3v) is 6.89. The summed E-state index contributed by atoms with van der Waals surface area (Å²) >= 11 is 0. The van der Waals surface area contributed by atoms with Crippen molar-refractivity contribution in [2.75, 3.05) is 42.3 Å². The zero-order valence-corrected chi connectivity index (χ0v) is 21.6. The highest BCUT2D eigenvalue weighted by molar-refractivity contribution is 7.92. The Bertz CT molecular complexity index is 1210. The number of carbonyl (C=O) groups excluding carboxylic acids is 1. The standard InChI is InChI=1S/C22H30N4O3S.C2HF3O2/c1-4-9-24-22(27)18-6-8-21(26-12-10-23-11-13-26)20(15-18)25-30(28,29)19-7-5-16(2)17(3)14-19;3-2(4,5)1(6)7/h5-8,14-15,23,25H,4,9-13H2,1-3H3,(H,24,27);(H,6,7). The quantitative estimate of drug-likeness (QED) is 0.421. The van der Waals surface area contributed by atoms with E-state index in [-0.39, 0.29) is 10.8 Å². The maximum absolute atomic E-state index is 13.1. The first-order valence-corrected chi connectivity index (χ1v) is 13.0. The summed E-state index contributed by atoms with van der Waals surface area (Å²) in [5.74, 6) is -2.97. The van der Waals surface area contributed by atoms with Gasteiger partial charge in [-0.3, -0.25) is 9.52 Å². The summed E-state index contributed by atoms with van der Waals surface area (Å²) < 4.78 is 60.7. The van der Waals surface area contributed by atoms with Gasteiger partial charge >= 0.3 is 12.1 Å². The maximum atomic E-state index is 13.1. The zero-order chi connectivity index (χ0) is 27.8. The number of hydrogen-bond donors (Lipinski definition) is 4. The van der Waals surface area contributed by atoms with Crippen molar-refractivity contribution in [3.05, 3.63) is 53.1 Å². The Morgan fingerprint density at radius 1 is 1.05 bits per heavy atom. The molecule has 204 valence electrons. The van der Waals surface area contributed by atoms with Crippen molar-refractivity contribution in [2.24, 2.45) is 0 Å². The average Bonchev–Trinajstić information content (AvgIpc) is 2.84. The first-order valence-electron chi connectivity index (χ1n) is 11.5. The molecule has 2 aromatic carbocycles. The van der Waals surface area contributed by atoms with Crippen molar-refractivity contribution in [1.82, 2.24) is 10.6 Å². The van der Waals surface area contributed by atoms with Gasteiger partial charge in [-0.05, 0) is 61.7 Å². The molecule has 0 bridgehead atoms. The lowest BCUT2D eigenvalue weighted by atomic mass is 10.1. The van der Waals surface area contributed by atoms with Crippen LogP contribution in [0.1, 0.15) is 34.8 Å². The second kappa shape index (κ2) is 12.8. The SMILES string of the molecule is CCCNC(=O)c1ccc(N2CCNCC2)c(NS(=O)(=O)c2ccc(C)c(C)c2)c1.O=C(O)C(F)(F)F. The Hall–Kier alpha value is -3.32. The first kappa shape index (κ1) is 29.9. The third kappa shape index (κ3) is 8.64. The Morgan fingerprint density at radius 2 is 1.68 bits per heavy atom. The fourth-order valence-electron chi connectivity index (χ4n) is 3.37. The molecule has 3 rings (SSSR count). The van der Waals surface area contributed by atoms with Crippen LogP contribution < -0.4 is 20.3 Å². The lowest BCUT2D eigenvalue weighted by Crippen LogP contribution is -2.43. The smallest absolute Gasteiger partial charge is 0.475 e. The minimum atomic E-state index is -5.08. The van der Waals surface area contributed by atoms with E-state index in [0.29, 0.717) is 17.8 Å². The van der Waals surface area contributed by atoms with E-state index in [0.717, 1.165) is 49.4 Å². The summed E-state index contributed by atoms with van der Waals surface area (Å²) in [6.45, 7) is 9.56. The van der Waals surface area contributed by atoms with Gasteiger partial charge in [0, 0.05) is 38.3 Å². The van der Waals surface area contributed by atoms with E-state index in [1.807, 2.05) is 26.8 Å². The number of amides is 1. The van der Waals surface area contributed by atoms with E-state index in [1.54, 1.807) is 30.3 Å². The second-order valence-electron chi connectivity index (χ2n) is 8.38. The third-order valence-electron chi connectivity index (χ3n) is 5.53. The summed E-state index contributed by atoms with van der Waals surface area (Å²) in [6.07, 6.45) is -4.25. The van der Waals surface area contributed by atoms with Crippen LogP contribution in [0.5, 0.6) is 0 Å². The Morgan fingerprint density at radius 3 is 2.22 bits per heavy atom. The average molecular weight is 545 g/mol. The van der Waals surface area contributed by atoms with Crippen LogP contribution in [-0.2, 0) is 14.8 Å². The minimum Gasteiger partial charge on any atom is -0.475 e. The van der Waals surface area contributed by atoms with Crippen LogP contribution in [0.15, 0.2) is 41.3 Å². The molecule has 13 heteroatoms. The summed E-state index contributed by atoms with van der Waals surface area (Å²) in [7, 11) is -3.80. The molecule has 1 saturated heterocycles. The number of hydrogen-bond acceptors (Lipinski definition) is 6. The van der Waals surface area contributed by atoms with Gasteiger partial charge in [-0.25, -0.2) is 13.2 Å². The predicted octanol–water partition coefficient (Wildman–Crippen LogP) is 3.29. The molecule has 9 nitrogen and oxygen atoms in total. The molecule has 37 heavy (non-hydrogen) atoms. The molecule has 1 heterocycles. The number of anilines is 2. The normalized spacial score (nSPS) is 13.8. The van der Waals surface area contributed by atoms with Gasteiger partial charge < -0.3 is 20.6 Å². The van der Waals surface area contributed by atoms with E-state index in [9.17, 15) is 26.4 Å². The number of rotatable bonds is 7. The highest BCUT2D eigenvalue weighted by Gasteiger charge is 2.38. The zero-order valence-electron chi connectivity index (χ0n) is 20.8. The van der Waals surface area contributed by atoms with Crippen LogP contribution in [0.25, 0.3) is 0 Å². The number of aryl methyl sites for hydroxylation is 2. The van der Waals surface area contributed by atoms with Crippen molar-refractivity contribution in [1.29, 1.82) is 0 Å². The topological polar surface area (TPSA) is 128 Å². The van der Waals surface area contributed by atoms with Gasteiger partial charge in [-0.1, -0.05) is 13.0 Å². The van der Waals surface area contributed by atoms with E-state index >= 15 is 0 Å². The molecule has 1 fully saturated rings. The number of aliphatic carboxylic acids is 1. The minimum absolute atomic E-state index is 0.206. The molecule has 1 aliphatic heterocycles. The van der Waals surface area contributed by atoms with Crippen molar-refractivity contribution >= 4 is 33.3 Å². The second-order valence-corrected chi connectivity index (χ2v) is 10.1. The molecule has 0 atom stereocenters. The summed E-state index contributed by atoms with van der Waals surface area (Å²) in [4.78, 5) is 23.7. The van der Waals surface area contributed by atoms with Crippen LogP contribution >= 0.6 is 0 Å². The number of carboxylic acid groups (broad SMARTS) is 1. The van der Waals surface area contributed by atoms with Gasteiger partial charge in [-0.15, -0.1) is 0 Å². The first-order chi connectivity index (χ1) is 17.3. The van der Waals surface area contributed by atoms with Gasteiger partial charge in [-0.2, -0.15) is 13.2 Å². The van der Waals surface area contributed by atoms with Crippen LogP contribution in [0.4, 0.5) is 24.5 Å². The van der Waals surface area contributed by atoms with Crippen LogP contribution in [0.2, 0.25) is 0 Å². The fraction of sp³-hybridized carbons (Fsp3) is 0.417. The van der Waals surface area contributed by atoms with Crippen molar-refractivity contribution in [2.45, 2.75) is 38.3 Å². The molecule has 1 aliphatic rings. The maximum Gasteiger partial charge on any atom is 0.490 e. The summed E-state index contributed by atoms with van der Waals surface area (Å²) in [5, 5.41) is 13.3. The Labute approximate surface area is 214 Å². The summed E-state index contributed by atoms with van der Waals surface area (Å²) in [6, 6.07) is 10.3. The predicted molar refractivity (Wildman–Crippen MR) is 135 cm³/mol. The van der Waals surface area contributed by atoms with Crippen LogP contribution in [0.3, 0.4) is 0 Å². The molecule has 0 aliphatic carbocycles. The molecule has 2 aromatic rings. The monoisotopic (exact) mass is 544 g/mol. The van der Waals surface area contributed by atoms with Gasteiger partial charge in [0.05, 0.1) is 16.3 Å². The van der Waals surface area contributed by atoms with E-state index < -0.39 is 22.2 Å². The summed E-state index contributed by atoms with van der Waals surface area (Å²) in [5.41, 5.74) is 3.56. The molecule has 4 N–H and O–H groups in total. The molecule has 0 aromatic heterocycles. The molecule has 0 radical (unpaired) electrons. The van der Waals surface area contributed by atoms with Gasteiger partial charge in [0.1, 0.15) is 0 Å². The van der Waals surface area contributed by atoms with Crippen molar-refractivity contribution < 1.29 is 36.3 Å². The van der Waals surface area contributed by atoms with Gasteiger partial charge in [0.25, 0.3) is 15.9 Å². The molecular formula is C24H31F3N4O5S. The molecule has 0 spiro atoms. The number of halogens is 3. The molecular weight excluding hydrogens is 513 g/mol. The highest BCUT2D eigenvalue weighted by Crippen LogP contribution is 2.30. The Kier molecular flexibility index (Phi) is 10.3.